The largest absolute Gasteiger partial charge is 0.324 e. The summed E-state index contributed by atoms with van der Waals surface area (Å²) in [6.07, 6.45) is 3.66. The number of carbonyl (C=O) groups is 1. The lowest BCUT2D eigenvalue weighted by Gasteiger charge is -2.31. The number of likely N-dealkylation sites (tertiary alicyclic amines) is 1. The van der Waals surface area contributed by atoms with Crippen LogP contribution in [-0.2, 0) is 4.79 Å². The van der Waals surface area contributed by atoms with Crippen molar-refractivity contribution < 1.29 is 4.79 Å². The van der Waals surface area contributed by atoms with E-state index in [2.05, 4.69) is 48.4 Å². The molecule has 0 aliphatic carbocycles. The van der Waals surface area contributed by atoms with Gasteiger partial charge < -0.3 is 10.6 Å². The Morgan fingerprint density at radius 3 is 2.35 bits per heavy atom. The number of carbonyl (C=O) groups excluding carboxylic acids is 1. The number of piperidine rings is 1. The first kappa shape index (κ1) is 18.0. The SMILES string of the molecule is CNCCC1CCN(CC(=O)Nc2c(C)cc(C)cc2C)CC1. The minimum Gasteiger partial charge on any atom is -0.324 e. The molecule has 1 saturated heterocycles. The summed E-state index contributed by atoms with van der Waals surface area (Å²) >= 11 is 0. The van der Waals surface area contributed by atoms with E-state index in [4.69, 9.17) is 0 Å². The van der Waals surface area contributed by atoms with Crippen LogP contribution in [0.1, 0.15) is 36.0 Å². The van der Waals surface area contributed by atoms with Crippen molar-refractivity contribution in [1.29, 1.82) is 0 Å². The van der Waals surface area contributed by atoms with E-state index in [1.54, 1.807) is 0 Å². The first-order valence-corrected chi connectivity index (χ1v) is 8.74. The highest BCUT2D eigenvalue weighted by Gasteiger charge is 2.20. The fourth-order valence-corrected chi connectivity index (χ4v) is 3.54. The minimum atomic E-state index is 0.105. The second-order valence-electron chi connectivity index (χ2n) is 6.93. The van der Waals surface area contributed by atoms with Gasteiger partial charge in [0.05, 0.1) is 6.54 Å². The summed E-state index contributed by atoms with van der Waals surface area (Å²) in [4.78, 5) is 14.6. The first-order valence-electron chi connectivity index (χ1n) is 8.74. The summed E-state index contributed by atoms with van der Waals surface area (Å²) in [7, 11) is 2.01. The Hall–Kier alpha value is -1.39. The van der Waals surface area contributed by atoms with Crippen molar-refractivity contribution in [2.45, 2.75) is 40.0 Å². The van der Waals surface area contributed by atoms with Crippen molar-refractivity contribution in [3.63, 3.8) is 0 Å². The predicted molar refractivity (Wildman–Crippen MR) is 97.0 cm³/mol. The fourth-order valence-electron chi connectivity index (χ4n) is 3.54. The van der Waals surface area contributed by atoms with Crippen LogP contribution in [-0.4, -0.2) is 44.0 Å². The van der Waals surface area contributed by atoms with Crippen molar-refractivity contribution in [2.75, 3.05) is 38.5 Å². The van der Waals surface area contributed by atoms with E-state index in [1.807, 2.05) is 7.05 Å². The molecular formula is C19H31N3O. The maximum Gasteiger partial charge on any atom is 0.238 e. The fraction of sp³-hybridized carbons (Fsp3) is 0.632. The molecule has 0 unspecified atom stereocenters. The summed E-state index contributed by atoms with van der Waals surface area (Å²) in [6, 6.07) is 4.24. The summed E-state index contributed by atoms with van der Waals surface area (Å²) in [5.41, 5.74) is 4.49. The van der Waals surface area contributed by atoms with Crippen molar-refractivity contribution in [3.05, 3.63) is 28.8 Å². The second-order valence-corrected chi connectivity index (χ2v) is 6.93. The van der Waals surface area contributed by atoms with Gasteiger partial charge in [-0.2, -0.15) is 0 Å². The zero-order chi connectivity index (χ0) is 16.8. The number of anilines is 1. The molecule has 1 aliphatic rings. The Morgan fingerprint density at radius 1 is 1.17 bits per heavy atom. The minimum absolute atomic E-state index is 0.105. The Morgan fingerprint density at radius 2 is 1.78 bits per heavy atom. The molecule has 128 valence electrons. The lowest BCUT2D eigenvalue weighted by Crippen LogP contribution is -2.39. The van der Waals surface area contributed by atoms with Crippen molar-refractivity contribution in [2.24, 2.45) is 5.92 Å². The predicted octanol–water partition coefficient (Wildman–Crippen LogP) is 2.87. The maximum atomic E-state index is 12.4. The molecule has 1 fully saturated rings. The van der Waals surface area contributed by atoms with Crippen molar-refractivity contribution in [3.8, 4) is 0 Å². The third-order valence-corrected chi connectivity index (χ3v) is 4.82. The van der Waals surface area contributed by atoms with Gasteiger partial charge in [-0.05, 0) is 83.8 Å². The van der Waals surface area contributed by atoms with Crippen LogP contribution in [0.15, 0.2) is 12.1 Å². The number of benzene rings is 1. The van der Waals surface area contributed by atoms with Crippen molar-refractivity contribution in [1.82, 2.24) is 10.2 Å². The van der Waals surface area contributed by atoms with E-state index < -0.39 is 0 Å². The zero-order valence-corrected chi connectivity index (χ0v) is 15.0. The second kappa shape index (κ2) is 8.46. The highest BCUT2D eigenvalue weighted by molar-refractivity contribution is 5.93. The van der Waals surface area contributed by atoms with Crippen LogP contribution < -0.4 is 10.6 Å². The van der Waals surface area contributed by atoms with Gasteiger partial charge in [0.25, 0.3) is 0 Å². The van der Waals surface area contributed by atoms with Gasteiger partial charge in [-0.15, -0.1) is 0 Å². The Bertz CT molecular complexity index is 510. The van der Waals surface area contributed by atoms with E-state index in [9.17, 15) is 4.79 Å². The molecule has 0 saturated carbocycles. The number of nitrogens with zero attached hydrogens (tertiary/aromatic N) is 1. The molecule has 0 radical (unpaired) electrons. The lowest BCUT2D eigenvalue weighted by atomic mass is 9.93. The molecule has 1 aromatic rings. The molecule has 1 aliphatic heterocycles. The molecule has 4 heteroatoms. The lowest BCUT2D eigenvalue weighted by molar-refractivity contribution is -0.117. The highest BCUT2D eigenvalue weighted by Crippen LogP contribution is 2.23. The van der Waals surface area contributed by atoms with Gasteiger partial charge in [-0.3, -0.25) is 9.69 Å². The quantitative estimate of drug-likeness (QED) is 0.848. The third kappa shape index (κ3) is 5.33. The van der Waals surface area contributed by atoms with Crippen LogP contribution in [0.2, 0.25) is 0 Å². The summed E-state index contributed by atoms with van der Waals surface area (Å²) in [5, 5.41) is 6.33. The summed E-state index contributed by atoms with van der Waals surface area (Å²) in [6.45, 7) is 9.87. The van der Waals surface area contributed by atoms with Crippen LogP contribution >= 0.6 is 0 Å². The van der Waals surface area contributed by atoms with Crippen LogP contribution in [0.3, 0.4) is 0 Å². The standard InChI is InChI=1S/C19H31N3O/c1-14-11-15(2)19(16(3)12-14)21-18(23)13-22-9-6-17(7-10-22)5-8-20-4/h11-12,17,20H,5-10,13H2,1-4H3,(H,21,23). The summed E-state index contributed by atoms with van der Waals surface area (Å²) < 4.78 is 0. The highest BCUT2D eigenvalue weighted by atomic mass is 16.2. The molecule has 1 amide bonds. The van der Waals surface area contributed by atoms with Crippen LogP contribution in [0.25, 0.3) is 0 Å². The average Bonchev–Trinajstić information content (AvgIpc) is 2.50. The van der Waals surface area contributed by atoms with E-state index in [0.29, 0.717) is 6.54 Å². The Labute approximate surface area is 140 Å². The number of hydrogen-bond acceptors (Lipinski definition) is 3. The topological polar surface area (TPSA) is 44.4 Å². The van der Waals surface area contributed by atoms with Gasteiger partial charge in [0.15, 0.2) is 0 Å². The van der Waals surface area contributed by atoms with Crippen LogP contribution in [0.4, 0.5) is 5.69 Å². The molecule has 0 bridgehead atoms. The Balaban J connectivity index is 1.82. The maximum absolute atomic E-state index is 12.4. The number of hydrogen-bond donors (Lipinski definition) is 2. The van der Waals surface area contributed by atoms with E-state index in [-0.39, 0.29) is 5.91 Å². The molecule has 0 spiro atoms. The third-order valence-electron chi connectivity index (χ3n) is 4.82. The molecule has 0 aromatic heterocycles. The molecule has 0 atom stereocenters. The number of rotatable bonds is 6. The molecule has 23 heavy (non-hydrogen) atoms. The molecule has 1 aromatic carbocycles. The van der Waals surface area contributed by atoms with Gasteiger partial charge in [-0.1, -0.05) is 17.7 Å². The summed E-state index contributed by atoms with van der Waals surface area (Å²) in [5.74, 6) is 0.914. The van der Waals surface area contributed by atoms with Gasteiger partial charge in [-0.25, -0.2) is 0 Å². The van der Waals surface area contributed by atoms with E-state index in [1.165, 1.54) is 24.8 Å². The molecular weight excluding hydrogens is 286 g/mol. The van der Waals surface area contributed by atoms with Crippen molar-refractivity contribution >= 4 is 11.6 Å². The van der Waals surface area contributed by atoms with E-state index in [0.717, 1.165) is 42.4 Å². The van der Waals surface area contributed by atoms with Crippen LogP contribution in [0, 0.1) is 26.7 Å². The molecule has 1 heterocycles. The molecule has 2 N–H and O–H groups in total. The normalized spacial score (nSPS) is 16.5. The van der Waals surface area contributed by atoms with Gasteiger partial charge in [0, 0.05) is 5.69 Å². The van der Waals surface area contributed by atoms with E-state index >= 15 is 0 Å². The monoisotopic (exact) mass is 317 g/mol. The average molecular weight is 317 g/mol. The number of nitrogens with one attached hydrogen (secondary N) is 2. The first-order chi connectivity index (χ1) is 11.0. The van der Waals surface area contributed by atoms with Gasteiger partial charge >= 0.3 is 0 Å². The zero-order valence-electron chi connectivity index (χ0n) is 15.0. The van der Waals surface area contributed by atoms with Crippen LogP contribution in [0.5, 0.6) is 0 Å². The molecule has 2 rings (SSSR count). The van der Waals surface area contributed by atoms with Gasteiger partial charge in [0.2, 0.25) is 5.91 Å². The van der Waals surface area contributed by atoms with Gasteiger partial charge in [0.1, 0.15) is 0 Å². The number of amides is 1. The Kier molecular flexibility index (Phi) is 6.60. The number of aryl methyl sites for hydroxylation is 3. The molecule has 4 nitrogen and oxygen atoms in total. The smallest absolute Gasteiger partial charge is 0.238 e.